The summed E-state index contributed by atoms with van der Waals surface area (Å²) in [5.74, 6) is 0. The molecule has 0 aromatic heterocycles. The Bertz CT molecular complexity index is 354. The van der Waals surface area contributed by atoms with Gasteiger partial charge in [0.05, 0.1) is 0 Å². The number of benzene rings is 1. The SMILES string of the molecule is CN(CCc1ccccc1)C(=O)OC(C)(C)C. The van der Waals surface area contributed by atoms with Crippen LogP contribution in [0.5, 0.6) is 0 Å². The van der Waals surface area contributed by atoms with E-state index in [9.17, 15) is 4.79 Å². The van der Waals surface area contributed by atoms with Gasteiger partial charge in [0.2, 0.25) is 0 Å². The minimum atomic E-state index is -0.432. The molecule has 1 aromatic carbocycles. The van der Waals surface area contributed by atoms with Gasteiger partial charge in [-0.3, -0.25) is 0 Å². The van der Waals surface area contributed by atoms with Gasteiger partial charge in [-0.05, 0) is 32.8 Å². The molecule has 1 aromatic rings. The molecule has 0 atom stereocenters. The van der Waals surface area contributed by atoms with E-state index in [4.69, 9.17) is 4.74 Å². The largest absolute Gasteiger partial charge is 0.444 e. The number of carbonyl (C=O) groups excluding carboxylic acids is 1. The second-order valence-electron chi connectivity index (χ2n) is 5.14. The van der Waals surface area contributed by atoms with Gasteiger partial charge in [-0.25, -0.2) is 4.79 Å². The molecule has 94 valence electrons. The molecule has 3 heteroatoms. The van der Waals surface area contributed by atoms with Crippen molar-refractivity contribution in [2.75, 3.05) is 13.6 Å². The van der Waals surface area contributed by atoms with E-state index in [0.29, 0.717) is 6.54 Å². The highest BCUT2D eigenvalue weighted by Crippen LogP contribution is 2.09. The van der Waals surface area contributed by atoms with Crippen molar-refractivity contribution in [3.63, 3.8) is 0 Å². The molecule has 3 nitrogen and oxygen atoms in total. The van der Waals surface area contributed by atoms with Gasteiger partial charge in [-0.2, -0.15) is 0 Å². The minimum Gasteiger partial charge on any atom is -0.444 e. The molecule has 0 saturated heterocycles. The van der Waals surface area contributed by atoms with Crippen molar-refractivity contribution in [1.82, 2.24) is 4.90 Å². The van der Waals surface area contributed by atoms with Crippen LogP contribution in [-0.2, 0) is 11.2 Å². The molecule has 0 spiro atoms. The molecule has 0 bridgehead atoms. The highest BCUT2D eigenvalue weighted by Gasteiger charge is 2.19. The van der Waals surface area contributed by atoms with E-state index in [0.717, 1.165) is 6.42 Å². The van der Waals surface area contributed by atoms with Crippen LogP contribution in [0.3, 0.4) is 0 Å². The Hall–Kier alpha value is -1.51. The molecule has 0 aliphatic heterocycles. The highest BCUT2D eigenvalue weighted by molar-refractivity contribution is 5.67. The van der Waals surface area contributed by atoms with Crippen molar-refractivity contribution in [2.24, 2.45) is 0 Å². The van der Waals surface area contributed by atoms with E-state index in [-0.39, 0.29) is 6.09 Å². The first-order valence-electron chi connectivity index (χ1n) is 5.86. The third kappa shape index (κ3) is 5.38. The molecule has 0 heterocycles. The van der Waals surface area contributed by atoms with Crippen LogP contribution in [0.25, 0.3) is 0 Å². The number of carbonyl (C=O) groups is 1. The third-order valence-electron chi connectivity index (χ3n) is 2.28. The predicted molar refractivity (Wildman–Crippen MR) is 69.0 cm³/mol. The lowest BCUT2D eigenvalue weighted by molar-refractivity contribution is 0.0301. The summed E-state index contributed by atoms with van der Waals surface area (Å²) in [6, 6.07) is 10.1. The number of nitrogens with zero attached hydrogens (tertiary/aromatic N) is 1. The first-order valence-corrected chi connectivity index (χ1v) is 5.86. The molecule has 0 N–H and O–H groups in total. The molecular weight excluding hydrogens is 214 g/mol. The molecule has 0 aliphatic rings. The van der Waals surface area contributed by atoms with Gasteiger partial charge in [0.1, 0.15) is 5.60 Å². The predicted octanol–water partition coefficient (Wildman–Crippen LogP) is 3.10. The normalized spacial score (nSPS) is 11.1. The van der Waals surface area contributed by atoms with E-state index < -0.39 is 5.60 Å². The number of amides is 1. The zero-order valence-corrected chi connectivity index (χ0v) is 11.1. The van der Waals surface area contributed by atoms with Gasteiger partial charge in [0, 0.05) is 13.6 Å². The van der Waals surface area contributed by atoms with Gasteiger partial charge < -0.3 is 9.64 Å². The van der Waals surface area contributed by atoms with Crippen LogP contribution in [0.1, 0.15) is 26.3 Å². The van der Waals surface area contributed by atoms with Crippen LogP contribution in [0.15, 0.2) is 30.3 Å². The fourth-order valence-electron chi connectivity index (χ4n) is 1.37. The standard InChI is InChI=1S/C14H21NO2/c1-14(2,3)17-13(16)15(4)11-10-12-8-6-5-7-9-12/h5-9H,10-11H2,1-4H3. The minimum absolute atomic E-state index is 0.270. The topological polar surface area (TPSA) is 29.5 Å². The molecule has 17 heavy (non-hydrogen) atoms. The van der Waals surface area contributed by atoms with Gasteiger partial charge >= 0.3 is 6.09 Å². The summed E-state index contributed by atoms with van der Waals surface area (Å²) >= 11 is 0. The number of hydrogen-bond acceptors (Lipinski definition) is 2. The summed E-state index contributed by atoms with van der Waals surface area (Å²) in [5, 5.41) is 0. The zero-order valence-electron chi connectivity index (χ0n) is 11.1. The lowest BCUT2D eigenvalue weighted by atomic mass is 10.1. The Labute approximate surface area is 103 Å². The van der Waals surface area contributed by atoms with E-state index >= 15 is 0 Å². The number of ether oxygens (including phenoxy) is 1. The summed E-state index contributed by atoms with van der Waals surface area (Å²) < 4.78 is 5.27. The van der Waals surface area contributed by atoms with E-state index in [1.807, 2.05) is 39.0 Å². The first kappa shape index (κ1) is 13.6. The van der Waals surface area contributed by atoms with Crippen molar-refractivity contribution in [3.8, 4) is 0 Å². The summed E-state index contributed by atoms with van der Waals surface area (Å²) in [6.07, 6.45) is 0.574. The Morgan fingerprint density at radius 3 is 2.35 bits per heavy atom. The summed E-state index contributed by atoms with van der Waals surface area (Å²) in [7, 11) is 1.76. The summed E-state index contributed by atoms with van der Waals surface area (Å²) in [4.78, 5) is 13.3. The lowest BCUT2D eigenvalue weighted by Crippen LogP contribution is -2.35. The van der Waals surface area contributed by atoms with Gasteiger partial charge in [0.15, 0.2) is 0 Å². The fraction of sp³-hybridized carbons (Fsp3) is 0.500. The van der Waals surface area contributed by atoms with Crippen LogP contribution in [0, 0.1) is 0 Å². The molecular formula is C14H21NO2. The van der Waals surface area contributed by atoms with Gasteiger partial charge in [-0.1, -0.05) is 30.3 Å². The third-order valence-corrected chi connectivity index (χ3v) is 2.28. The van der Waals surface area contributed by atoms with Crippen LogP contribution in [-0.4, -0.2) is 30.2 Å². The van der Waals surface area contributed by atoms with Crippen LogP contribution < -0.4 is 0 Å². The smallest absolute Gasteiger partial charge is 0.410 e. The molecule has 0 fully saturated rings. The van der Waals surface area contributed by atoms with E-state index in [1.54, 1.807) is 11.9 Å². The fourth-order valence-corrected chi connectivity index (χ4v) is 1.37. The van der Waals surface area contributed by atoms with Gasteiger partial charge in [-0.15, -0.1) is 0 Å². The number of likely N-dealkylation sites (N-methyl/N-ethyl adjacent to an activating group) is 1. The quantitative estimate of drug-likeness (QED) is 0.805. The molecule has 1 rings (SSSR count). The molecule has 0 saturated carbocycles. The summed E-state index contributed by atoms with van der Waals surface area (Å²) in [5.41, 5.74) is 0.792. The molecule has 0 unspecified atom stereocenters. The van der Waals surface area contributed by atoms with Crippen molar-refractivity contribution >= 4 is 6.09 Å². The Morgan fingerprint density at radius 2 is 1.82 bits per heavy atom. The maximum atomic E-state index is 11.7. The van der Waals surface area contributed by atoms with Crippen LogP contribution in [0.2, 0.25) is 0 Å². The Kier molecular flexibility index (Phi) is 4.55. The Morgan fingerprint density at radius 1 is 1.24 bits per heavy atom. The summed E-state index contributed by atoms with van der Waals surface area (Å²) in [6.45, 7) is 6.28. The number of hydrogen-bond donors (Lipinski definition) is 0. The molecule has 1 amide bonds. The monoisotopic (exact) mass is 235 g/mol. The van der Waals surface area contributed by atoms with Crippen LogP contribution >= 0.6 is 0 Å². The van der Waals surface area contributed by atoms with E-state index in [2.05, 4.69) is 12.1 Å². The second kappa shape index (κ2) is 5.71. The average molecular weight is 235 g/mol. The second-order valence-corrected chi connectivity index (χ2v) is 5.14. The zero-order chi connectivity index (χ0) is 12.9. The van der Waals surface area contributed by atoms with Crippen molar-refractivity contribution in [3.05, 3.63) is 35.9 Å². The molecule has 0 aliphatic carbocycles. The van der Waals surface area contributed by atoms with E-state index in [1.165, 1.54) is 5.56 Å². The number of rotatable bonds is 3. The Balaban J connectivity index is 2.40. The van der Waals surface area contributed by atoms with Crippen molar-refractivity contribution < 1.29 is 9.53 Å². The highest BCUT2D eigenvalue weighted by atomic mass is 16.6. The average Bonchev–Trinajstić information content (AvgIpc) is 2.25. The maximum absolute atomic E-state index is 11.7. The van der Waals surface area contributed by atoms with Crippen molar-refractivity contribution in [2.45, 2.75) is 32.8 Å². The molecule has 0 radical (unpaired) electrons. The van der Waals surface area contributed by atoms with Crippen LogP contribution in [0.4, 0.5) is 4.79 Å². The van der Waals surface area contributed by atoms with Crippen molar-refractivity contribution in [1.29, 1.82) is 0 Å². The first-order chi connectivity index (χ1) is 7.88. The lowest BCUT2D eigenvalue weighted by Gasteiger charge is -2.24. The maximum Gasteiger partial charge on any atom is 0.410 e. The van der Waals surface area contributed by atoms with Gasteiger partial charge in [0.25, 0.3) is 0 Å².